The van der Waals surface area contributed by atoms with Gasteiger partial charge in [0, 0.05) is 30.2 Å². The molecule has 1 radical (unpaired) electrons. The zero-order valence-electron chi connectivity index (χ0n) is 30.9. The molecule has 0 saturated carbocycles. The van der Waals surface area contributed by atoms with E-state index in [2.05, 4.69) is 140 Å². The van der Waals surface area contributed by atoms with Crippen molar-refractivity contribution in [3.8, 4) is 11.5 Å². The van der Waals surface area contributed by atoms with Gasteiger partial charge in [0.2, 0.25) is 0 Å². The third kappa shape index (κ3) is 7.82. The predicted molar refractivity (Wildman–Crippen MR) is 184 cm³/mol. The molecule has 0 atom stereocenters. The van der Waals surface area contributed by atoms with Gasteiger partial charge in [-0.1, -0.05) is 107 Å². The Morgan fingerprint density at radius 2 is 0.864 bits per heavy atom. The van der Waals surface area contributed by atoms with Gasteiger partial charge in [0.15, 0.2) is 0 Å². The van der Waals surface area contributed by atoms with E-state index in [1.165, 1.54) is 16.2 Å². The minimum atomic E-state index is -0.505. The third-order valence-electron chi connectivity index (χ3n) is 9.43. The first-order chi connectivity index (χ1) is 19.6. The summed E-state index contributed by atoms with van der Waals surface area (Å²) in [6.07, 6.45) is 1.51. The first-order valence-electron chi connectivity index (χ1n) is 16.5. The molecule has 0 aliphatic carbocycles. The Morgan fingerprint density at radius 1 is 0.614 bits per heavy atom. The van der Waals surface area contributed by atoms with Crippen LogP contribution < -0.4 is 0 Å². The standard InChI is InChI=1S/C39H63N2O3/c1-34(2,3)28-17-25(18-29(32(28)42)35(4,5)6)23-40(27-21-38(13,14)41(44)39(15,16)22-27)24-26-19-30(36(7,8)9)33(43)31(20-26)37(10,11)12/h17-20,27,42-43H,21-24H2,1-16H3. The summed E-state index contributed by atoms with van der Waals surface area (Å²) in [5.74, 6) is 0.788. The van der Waals surface area contributed by atoms with Gasteiger partial charge in [-0.2, -0.15) is 0 Å². The van der Waals surface area contributed by atoms with E-state index >= 15 is 0 Å². The fourth-order valence-corrected chi connectivity index (χ4v) is 7.11. The minimum absolute atomic E-state index is 0.167. The second-order valence-corrected chi connectivity index (χ2v) is 19.0. The zero-order valence-corrected chi connectivity index (χ0v) is 30.9. The van der Waals surface area contributed by atoms with Gasteiger partial charge in [0.05, 0.1) is 0 Å². The summed E-state index contributed by atoms with van der Waals surface area (Å²) in [7, 11) is 0. The van der Waals surface area contributed by atoms with Crippen molar-refractivity contribution in [1.82, 2.24) is 9.96 Å². The fraction of sp³-hybridized carbons (Fsp3) is 0.692. The number of nitrogens with zero attached hydrogens (tertiary/aromatic N) is 2. The van der Waals surface area contributed by atoms with Crippen molar-refractivity contribution in [1.29, 1.82) is 0 Å². The van der Waals surface area contributed by atoms with Crippen molar-refractivity contribution in [2.75, 3.05) is 0 Å². The number of piperidine rings is 1. The molecule has 0 aromatic heterocycles. The van der Waals surface area contributed by atoms with Gasteiger partial charge >= 0.3 is 0 Å². The van der Waals surface area contributed by atoms with Crippen LogP contribution in [-0.2, 0) is 40.0 Å². The molecule has 1 aliphatic heterocycles. The lowest BCUT2D eigenvalue weighted by Gasteiger charge is -2.52. The van der Waals surface area contributed by atoms with Crippen LogP contribution in [0, 0.1) is 0 Å². The molecule has 1 fully saturated rings. The van der Waals surface area contributed by atoms with Crippen molar-refractivity contribution in [2.24, 2.45) is 0 Å². The highest BCUT2D eigenvalue weighted by Crippen LogP contribution is 2.44. The molecule has 2 N–H and O–H groups in total. The molecule has 2 aromatic carbocycles. The maximum absolute atomic E-state index is 13.4. The number of hydrogen-bond donors (Lipinski definition) is 2. The molecule has 1 heterocycles. The van der Waals surface area contributed by atoms with E-state index in [0.717, 1.165) is 35.1 Å². The van der Waals surface area contributed by atoms with Crippen LogP contribution in [0.15, 0.2) is 24.3 Å². The van der Waals surface area contributed by atoms with Crippen molar-refractivity contribution in [2.45, 2.75) is 175 Å². The summed E-state index contributed by atoms with van der Waals surface area (Å²) >= 11 is 0. The Hall–Kier alpha value is -2.08. The Balaban J connectivity index is 2.25. The molecule has 247 valence electrons. The van der Waals surface area contributed by atoms with Gasteiger partial charge in [-0.05, 0) is 95.6 Å². The number of hydrogen-bond acceptors (Lipinski definition) is 4. The summed E-state index contributed by atoms with van der Waals surface area (Å²) in [5, 5.41) is 37.6. The molecule has 1 aliphatic rings. The van der Waals surface area contributed by atoms with Crippen LogP contribution in [0.5, 0.6) is 11.5 Å². The highest BCUT2D eigenvalue weighted by Gasteiger charge is 2.47. The van der Waals surface area contributed by atoms with Crippen LogP contribution in [-0.4, -0.2) is 37.3 Å². The average molecular weight is 608 g/mol. The van der Waals surface area contributed by atoms with Gasteiger partial charge in [-0.25, -0.2) is 0 Å². The molecule has 0 unspecified atom stereocenters. The topological polar surface area (TPSA) is 66.8 Å². The lowest BCUT2D eigenvalue weighted by atomic mass is 9.77. The van der Waals surface area contributed by atoms with E-state index in [9.17, 15) is 15.4 Å². The summed E-state index contributed by atoms with van der Waals surface area (Å²) in [5.41, 5.74) is 4.30. The van der Waals surface area contributed by atoms with E-state index in [1.54, 1.807) is 0 Å². The zero-order chi connectivity index (χ0) is 34.0. The van der Waals surface area contributed by atoms with Gasteiger partial charge in [-0.15, -0.1) is 10.3 Å². The molecule has 0 bridgehead atoms. The third-order valence-corrected chi connectivity index (χ3v) is 9.43. The molecule has 3 rings (SSSR count). The Morgan fingerprint density at radius 3 is 1.09 bits per heavy atom. The fourth-order valence-electron chi connectivity index (χ4n) is 7.11. The van der Waals surface area contributed by atoms with Gasteiger partial charge in [0.25, 0.3) is 0 Å². The lowest BCUT2D eigenvalue weighted by molar-refractivity contribution is -0.295. The van der Waals surface area contributed by atoms with Crippen LogP contribution >= 0.6 is 0 Å². The number of aromatic hydroxyl groups is 2. The SMILES string of the molecule is CC(C)(C)c1cc(CN(Cc2cc(C(C)(C)C)c(O)c(C(C)(C)C)c2)C2CC(C)(C)N([O])C(C)(C)C2)cc(C(C)(C)C)c1O. The van der Waals surface area contributed by atoms with Crippen LogP contribution in [0.2, 0.25) is 0 Å². The number of phenolic OH excluding ortho intramolecular Hbond substituents is 2. The highest BCUT2D eigenvalue weighted by atomic mass is 16.5. The van der Waals surface area contributed by atoms with Crippen molar-refractivity contribution in [3.63, 3.8) is 0 Å². The molecular formula is C39H63N2O3. The van der Waals surface area contributed by atoms with Crippen molar-refractivity contribution >= 4 is 0 Å². The predicted octanol–water partition coefficient (Wildman–Crippen LogP) is 9.66. The van der Waals surface area contributed by atoms with Crippen LogP contribution in [0.4, 0.5) is 0 Å². The van der Waals surface area contributed by atoms with E-state index in [1.807, 2.05) is 0 Å². The Labute approximate surface area is 269 Å². The van der Waals surface area contributed by atoms with Gasteiger partial charge < -0.3 is 10.2 Å². The average Bonchev–Trinajstić information content (AvgIpc) is 2.80. The summed E-state index contributed by atoms with van der Waals surface area (Å²) in [6.45, 7) is 35.5. The largest absolute Gasteiger partial charge is 0.507 e. The second-order valence-electron chi connectivity index (χ2n) is 19.0. The minimum Gasteiger partial charge on any atom is -0.507 e. The van der Waals surface area contributed by atoms with Gasteiger partial charge in [0.1, 0.15) is 11.5 Å². The number of hydroxylamine groups is 2. The summed E-state index contributed by atoms with van der Waals surface area (Å²) in [4.78, 5) is 2.55. The van der Waals surface area contributed by atoms with E-state index in [4.69, 9.17) is 0 Å². The van der Waals surface area contributed by atoms with Crippen molar-refractivity contribution < 1.29 is 15.4 Å². The smallest absolute Gasteiger partial charge is 0.123 e. The summed E-state index contributed by atoms with van der Waals surface area (Å²) < 4.78 is 0. The molecular weight excluding hydrogens is 544 g/mol. The Bertz CT molecular complexity index is 1170. The van der Waals surface area contributed by atoms with Crippen molar-refractivity contribution in [3.05, 3.63) is 57.6 Å². The van der Waals surface area contributed by atoms with E-state index in [0.29, 0.717) is 24.6 Å². The first kappa shape index (κ1) is 36.4. The molecule has 2 aromatic rings. The highest BCUT2D eigenvalue weighted by molar-refractivity contribution is 5.51. The summed E-state index contributed by atoms with van der Waals surface area (Å²) in [6, 6.07) is 8.92. The molecule has 5 heteroatoms. The molecule has 0 amide bonds. The Kier molecular flexibility index (Phi) is 9.61. The van der Waals surface area contributed by atoms with E-state index in [-0.39, 0.29) is 27.7 Å². The number of benzene rings is 2. The normalized spacial score (nSPS) is 18.7. The van der Waals surface area contributed by atoms with Crippen LogP contribution in [0.3, 0.4) is 0 Å². The molecule has 5 nitrogen and oxygen atoms in total. The lowest BCUT2D eigenvalue weighted by Crippen LogP contribution is -2.62. The van der Waals surface area contributed by atoms with Gasteiger partial charge in [-0.3, -0.25) is 4.90 Å². The number of phenols is 2. The van der Waals surface area contributed by atoms with Crippen LogP contribution in [0.25, 0.3) is 0 Å². The van der Waals surface area contributed by atoms with E-state index < -0.39 is 11.1 Å². The maximum atomic E-state index is 13.4. The van der Waals surface area contributed by atoms with Crippen LogP contribution in [0.1, 0.15) is 157 Å². The second kappa shape index (κ2) is 11.6. The molecule has 44 heavy (non-hydrogen) atoms. The monoisotopic (exact) mass is 607 g/mol. The molecule has 1 saturated heterocycles. The quantitative estimate of drug-likeness (QED) is 0.355. The number of rotatable bonds is 5. The maximum Gasteiger partial charge on any atom is 0.123 e. The molecule has 0 spiro atoms. The first-order valence-corrected chi connectivity index (χ1v) is 16.5.